The highest BCUT2D eigenvalue weighted by Gasteiger charge is 2.32. The van der Waals surface area contributed by atoms with Crippen molar-refractivity contribution < 1.29 is 4.79 Å². The minimum atomic E-state index is 0.310. The molecule has 0 N–H and O–H groups in total. The molecule has 2 nitrogen and oxygen atoms in total. The Balaban J connectivity index is 2.57. The molecule has 0 aromatic carbocycles. The number of hydrogen-bond acceptors (Lipinski definition) is 2. The van der Waals surface area contributed by atoms with Gasteiger partial charge in [-0.05, 0) is 19.9 Å². The minimum absolute atomic E-state index is 0.310. The van der Waals surface area contributed by atoms with Gasteiger partial charge in [-0.2, -0.15) is 0 Å². The molecule has 0 radical (unpaired) electrons. The topological polar surface area (TPSA) is 20.3 Å². The second kappa shape index (κ2) is 3.35. The van der Waals surface area contributed by atoms with E-state index in [-0.39, 0.29) is 0 Å². The number of rotatable bonds is 2. The molecule has 1 saturated heterocycles. The summed E-state index contributed by atoms with van der Waals surface area (Å²) in [5.41, 5.74) is 0. The molecule has 1 rings (SSSR count). The number of likely N-dealkylation sites (tertiary alicyclic amines) is 1. The van der Waals surface area contributed by atoms with Crippen LogP contribution in [0.15, 0.2) is 0 Å². The summed E-state index contributed by atoms with van der Waals surface area (Å²) in [7, 11) is 2.09. The van der Waals surface area contributed by atoms with E-state index >= 15 is 0 Å². The average Bonchev–Trinajstić information content (AvgIpc) is 2.30. The molecule has 1 aliphatic rings. The minimum Gasteiger partial charge on any atom is -0.305 e. The van der Waals surface area contributed by atoms with Crippen molar-refractivity contribution >= 4 is 5.78 Å². The van der Waals surface area contributed by atoms with E-state index in [2.05, 4.69) is 18.9 Å². The lowest BCUT2D eigenvalue weighted by atomic mass is 9.91. The van der Waals surface area contributed by atoms with Gasteiger partial charge in [-0.25, -0.2) is 0 Å². The van der Waals surface area contributed by atoms with Crippen molar-refractivity contribution in [2.45, 2.75) is 20.3 Å². The number of hydrogen-bond donors (Lipinski definition) is 0. The molecule has 2 heteroatoms. The predicted octanol–water partition coefficient (Wildman–Crippen LogP) is 1.16. The zero-order valence-corrected chi connectivity index (χ0v) is 7.63. The van der Waals surface area contributed by atoms with E-state index in [4.69, 9.17) is 0 Å². The van der Waals surface area contributed by atoms with Crippen molar-refractivity contribution in [1.82, 2.24) is 4.90 Å². The van der Waals surface area contributed by atoms with E-state index in [0.29, 0.717) is 17.6 Å². The first-order chi connectivity index (χ1) is 5.15. The number of carbonyl (C=O) groups is 1. The van der Waals surface area contributed by atoms with E-state index in [9.17, 15) is 4.79 Å². The summed E-state index contributed by atoms with van der Waals surface area (Å²) in [6, 6.07) is 0. The summed E-state index contributed by atoms with van der Waals surface area (Å²) in [5, 5.41) is 0. The second-order valence-electron chi connectivity index (χ2n) is 3.61. The van der Waals surface area contributed by atoms with E-state index in [1.807, 2.05) is 0 Å². The van der Waals surface area contributed by atoms with Gasteiger partial charge in [0.25, 0.3) is 0 Å². The van der Waals surface area contributed by atoms with E-state index in [1.54, 1.807) is 6.92 Å². The summed E-state index contributed by atoms with van der Waals surface area (Å²) >= 11 is 0. The predicted molar refractivity (Wildman–Crippen MR) is 45.4 cm³/mol. The summed E-state index contributed by atoms with van der Waals surface area (Å²) in [6.07, 6.45) is 1.13. The van der Waals surface area contributed by atoms with Crippen LogP contribution < -0.4 is 0 Å². The maximum Gasteiger partial charge on any atom is 0.134 e. The van der Waals surface area contributed by atoms with Gasteiger partial charge in [0.05, 0.1) is 0 Å². The van der Waals surface area contributed by atoms with Gasteiger partial charge in [-0.3, -0.25) is 4.79 Å². The lowest BCUT2D eigenvalue weighted by Gasteiger charge is -2.11. The molecule has 0 aromatic rings. The van der Waals surface area contributed by atoms with Crippen LogP contribution in [0.25, 0.3) is 0 Å². The van der Waals surface area contributed by atoms with Gasteiger partial charge >= 0.3 is 0 Å². The van der Waals surface area contributed by atoms with Gasteiger partial charge in [0, 0.05) is 19.0 Å². The van der Waals surface area contributed by atoms with Crippen LogP contribution in [0, 0.1) is 11.8 Å². The van der Waals surface area contributed by atoms with Crippen LogP contribution in [0.2, 0.25) is 0 Å². The van der Waals surface area contributed by atoms with Crippen LogP contribution in [0.1, 0.15) is 20.3 Å². The Kier molecular flexibility index (Phi) is 2.66. The standard InChI is InChI=1S/C9H17NO/c1-4-8-5-10(3)6-9(8)7(2)11/h8-9H,4-6H2,1-3H3/t8?,9-/m1/s1. The maximum atomic E-state index is 11.1. The van der Waals surface area contributed by atoms with Crippen molar-refractivity contribution in [3.63, 3.8) is 0 Å². The molecule has 1 fully saturated rings. The summed E-state index contributed by atoms with van der Waals surface area (Å²) in [6.45, 7) is 5.95. The second-order valence-corrected chi connectivity index (χ2v) is 3.61. The highest BCUT2D eigenvalue weighted by Crippen LogP contribution is 2.25. The van der Waals surface area contributed by atoms with Crippen molar-refractivity contribution in [2.75, 3.05) is 20.1 Å². The van der Waals surface area contributed by atoms with Crippen LogP contribution in [0.5, 0.6) is 0 Å². The first-order valence-electron chi connectivity index (χ1n) is 4.34. The highest BCUT2D eigenvalue weighted by atomic mass is 16.1. The Morgan fingerprint density at radius 3 is 2.55 bits per heavy atom. The molecule has 11 heavy (non-hydrogen) atoms. The molecule has 0 saturated carbocycles. The van der Waals surface area contributed by atoms with E-state index in [0.717, 1.165) is 19.5 Å². The fraction of sp³-hybridized carbons (Fsp3) is 0.889. The molecule has 0 amide bonds. The van der Waals surface area contributed by atoms with Crippen LogP contribution in [0.3, 0.4) is 0 Å². The molecule has 64 valence electrons. The van der Waals surface area contributed by atoms with E-state index in [1.165, 1.54) is 0 Å². The van der Waals surface area contributed by atoms with Gasteiger partial charge in [-0.15, -0.1) is 0 Å². The lowest BCUT2D eigenvalue weighted by Crippen LogP contribution is -2.19. The van der Waals surface area contributed by atoms with Crippen LogP contribution in [0.4, 0.5) is 0 Å². The Bertz CT molecular complexity index is 156. The molecule has 0 spiro atoms. The van der Waals surface area contributed by atoms with Crippen LogP contribution >= 0.6 is 0 Å². The molecule has 0 bridgehead atoms. The van der Waals surface area contributed by atoms with Crippen molar-refractivity contribution in [3.05, 3.63) is 0 Å². The molecular formula is C9H17NO. The Morgan fingerprint density at radius 2 is 2.18 bits per heavy atom. The molecule has 0 aliphatic carbocycles. The number of Topliss-reactive ketones (excluding diaryl/α,β-unsaturated/α-hetero) is 1. The van der Waals surface area contributed by atoms with Gasteiger partial charge in [0.2, 0.25) is 0 Å². The Morgan fingerprint density at radius 1 is 1.55 bits per heavy atom. The van der Waals surface area contributed by atoms with Crippen molar-refractivity contribution in [2.24, 2.45) is 11.8 Å². The number of carbonyl (C=O) groups excluding carboxylic acids is 1. The number of nitrogens with zero attached hydrogens (tertiary/aromatic N) is 1. The van der Waals surface area contributed by atoms with Gasteiger partial charge < -0.3 is 4.90 Å². The average molecular weight is 155 g/mol. The normalized spacial score (nSPS) is 32.6. The third-order valence-electron chi connectivity index (χ3n) is 2.67. The third kappa shape index (κ3) is 1.80. The van der Waals surface area contributed by atoms with E-state index < -0.39 is 0 Å². The summed E-state index contributed by atoms with van der Waals surface area (Å²) < 4.78 is 0. The molecule has 0 aromatic heterocycles. The maximum absolute atomic E-state index is 11.1. The Labute approximate surface area is 68.6 Å². The highest BCUT2D eigenvalue weighted by molar-refractivity contribution is 5.79. The summed E-state index contributed by atoms with van der Waals surface area (Å²) in [5.74, 6) is 1.28. The lowest BCUT2D eigenvalue weighted by molar-refractivity contribution is -0.121. The smallest absolute Gasteiger partial charge is 0.134 e. The molecule has 1 unspecified atom stereocenters. The van der Waals surface area contributed by atoms with Crippen molar-refractivity contribution in [1.29, 1.82) is 0 Å². The molecule has 1 aliphatic heterocycles. The molecule has 2 atom stereocenters. The zero-order chi connectivity index (χ0) is 8.43. The SMILES string of the molecule is CCC1CN(C)C[C@@H]1C(C)=O. The van der Waals surface area contributed by atoms with Gasteiger partial charge in [0.1, 0.15) is 5.78 Å². The first kappa shape index (κ1) is 8.72. The largest absolute Gasteiger partial charge is 0.305 e. The fourth-order valence-corrected chi connectivity index (χ4v) is 1.96. The molecule has 1 heterocycles. The monoisotopic (exact) mass is 155 g/mol. The van der Waals surface area contributed by atoms with Gasteiger partial charge in [0.15, 0.2) is 0 Å². The fourth-order valence-electron chi connectivity index (χ4n) is 1.96. The molecular weight excluding hydrogens is 138 g/mol. The first-order valence-corrected chi connectivity index (χ1v) is 4.34. The van der Waals surface area contributed by atoms with Crippen LogP contribution in [-0.2, 0) is 4.79 Å². The van der Waals surface area contributed by atoms with Gasteiger partial charge in [-0.1, -0.05) is 13.3 Å². The van der Waals surface area contributed by atoms with Crippen molar-refractivity contribution in [3.8, 4) is 0 Å². The summed E-state index contributed by atoms with van der Waals surface area (Å²) in [4.78, 5) is 13.4. The Hall–Kier alpha value is -0.370. The quantitative estimate of drug-likeness (QED) is 0.596. The number of ketones is 1. The zero-order valence-electron chi connectivity index (χ0n) is 7.63. The van der Waals surface area contributed by atoms with Crippen LogP contribution in [-0.4, -0.2) is 30.8 Å². The third-order valence-corrected chi connectivity index (χ3v) is 2.67.